The van der Waals surface area contributed by atoms with Crippen LogP contribution in [0, 0.1) is 12.8 Å². The van der Waals surface area contributed by atoms with E-state index in [1.165, 1.54) is 38.9 Å². The number of allylic oxidation sites excluding steroid dienone is 4. The van der Waals surface area contributed by atoms with Crippen LogP contribution in [0.2, 0.25) is 0 Å². The molecular formula is C63H36O2. The van der Waals surface area contributed by atoms with E-state index < -0.39 is 0 Å². The van der Waals surface area contributed by atoms with E-state index in [0.29, 0.717) is 18.3 Å². The summed E-state index contributed by atoms with van der Waals surface area (Å²) in [5.41, 5.74) is 35.4. The van der Waals surface area contributed by atoms with Crippen LogP contribution in [0.3, 0.4) is 0 Å². The van der Waals surface area contributed by atoms with Gasteiger partial charge >= 0.3 is 5.97 Å². The first-order valence-corrected chi connectivity index (χ1v) is 24.5. The van der Waals surface area contributed by atoms with Gasteiger partial charge in [0.1, 0.15) is 0 Å². The van der Waals surface area contributed by atoms with Crippen LogP contribution in [-0.4, -0.2) is 13.1 Å². The fourth-order valence-electron chi connectivity index (χ4n) is 19.5. The van der Waals surface area contributed by atoms with Crippen molar-refractivity contribution in [2.75, 3.05) is 7.11 Å². The van der Waals surface area contributed by atoms with Crippen LogP contribution < -0.4 is 0 Å². The molecule has 5 atom stereocenters. The van der Waals surface area contributed by atoms with Gasteiger partial charge in [-0.2, -0.15) is 0 Å². The molecular weight excluding hydrogens is 789 g/mol. The number of fused-ring (bicyclic) bond motifs is 2. The van der Waals surface area contributed by atoms with Gasteiger partial charge in [0.2, 0.25) is 0 Å². The largest absolute Gasteiger partial charge is 0.469 e. The van der Waals surface area contributed by atoms with E-state index >= 15 is 0 Å². The van der Waals surface area contributed by atoms with Gasteiger partial charge in [-0.25, -0.2) is 0 Å². The number of hydrogen-bond acceptors (Lipinski definition) is 2. The third-order valence-electron chi connectivity index (χ3n) is 20.8. The van der Waals surface area contributed by atoms with E-state index in [4.69, 9.17) is 4.74 Å². The molecule has 0 amide bonds. The molecule has 5 unspecified atom stereocenters. The lowest BCUT2D eigenvalue weighted by molar-refractivity contribution is -0.140. The van der Waals surface area contributed by atoms with E-state index in [9.17, 15) is 4.79 Å². The summed E-state index contributed by atoms with van der Waals surface area (Å²) in [6, 6.07) is 27.4. The minimum absolute atomic E-state index is 0.0980. The van der Waals surface area contributed by atoms with Crippen molar-refractivity contribution in [1.29, 1.82) is 0 Å². The maximum atomic E-state index is 13.3. The summed E-state index contributed by atoms with van der Waals surface area (Å²) in [5, 5.41) is 19.3. The summed E-state index contributed by atoms with van der Waals surface area (Å²) in [6.07, 6.45) is 11.7. The monoisotopic (exact) mass is 824 g/mol. The zero-order chi connectivity index (χ0) is 41.4. The Hall–Kier alpha value is -6.77. The van der Waals surface area contributed by atoms with E-state index in [2.05, 4.69) is 85.8 Å². The van der Waals surface area contributed by atoms with Crippen molar-refractivity contribution in [2.45, 2.75) is 74.5 Å². The summed E-state index contributed by atoms with van der Waals surface area (Å²) in [4.78, 5) is 13.3. The Kier molecular flexibility index (Phi) is 4.23. The molecule has 1 fully saturated rings. The van der Waals surface area contributed by atoms with Gasteiger partial charge in [-0.05, 0) is 238 Å². The fourth-order valence-corrected chi connectivity index (χ4v) is 19.5. The quantitative estimate of drug-likeness (QED) is 0.0982. The van der Waals surface area contributed by atoms with E-state index in [1.807, 2.05) is 0 Å². The number of carbonyl (C=O) groups is 1. The second kappa shape index (κ2) is 8.82. The number of hydrogen-bond donors (Lipinski definition) is 0. The van der Waals surface area contributed by atoms with Crippen molar-refractivity contribution in [3.63, 3.8) is 0 Å². The van der Waals surface area contributed by atoms with Crippen molar-refractivity contribution in [2.24, 2.45) is 5.92 Å². The lowest BCUT2D eigenvalue weighted by Gasteiger charge is -2.36. The third kappa shape index (κ3) is 2.56. The van der Waals surface area contributed by atoms with Crippen LogP contribution in [0.1, 0.15) is 115 Å². The van der Waals surface area contributed by atoms with Gasteiger partial charge in [-0.1, -0.05) is 78.9 Å². The normalized spacial score (nSPS) is 25.5. The molecule has 0 aliphatic heterocycles. The highest BCUT2D eigenvalue weighted by molar-refractivity contribution is 6.50. The molecule has 0 heterocycles. The van der Waals surface area contributed by atoms with Gasteiger partial charge < -0.3 is 4.74 Å². The molecule has 0 aromatic heterocycles. The number of carbonyl (C=O) groups excluding carboxylic acids is 1. The molecule has 4 bridgehead atoms. The summed E-state index contributed by atoms with van der Waals surface area (Å²) >= 11 is 0. The smallest absolute Gasteiger partial charge is 0.305 e. The van der Waals surface area contributed by atoms with Gasteiger partial charge in [0.25, 0.3) is 0 Å². The van der Waals surface area contributed by atoms with Gasteiger partial charge in [-0.15, -0.1) is 0 Å². The highest BCUT2D eigenvalue weighted by atomic mass is 16.5. The fraction of sp³-hybridized carbons (Fsp3) is 0.222. The average Bonchev–Trinajstić information content (AvgIpc) is 3.77. The topological polar surface area (TPSA) is 26.3 Å². The Morgan fingerprint density at radius 2 is 1.14 bits per heavy atom. The molecule has 10 aromatic rings. The predicted octanol–water partition coefficient (Wildman–Crippen LogP) is 13.9. The van der Waals surface area contributed by atoms with Crippen molar-refractivity contribution >= 4 is 81.8 Å². The predicted molar refractivity (Wildman–Crippen MR) is 260 cm³/mol. The first-order chi connectivity index (χ1) is 32.0. The Labute approximate surface area is 372 Å². The zero-order valence-corrected chi connectivity index (χ0v) is 36.0. The number of methoxy groups -OCH3 is 1. The molecule has 10 aromatic carbocycles. The van der Waals surface area contributed by atoms with E-state index in [0.717, 1.165) is 38.5 Å². The van der Waals surface area contributed by atoms with Crippen LogP contribution >= 0.6 is 0 Å². The molecule has 0 radical (unpaired) electrons. The summed E-state index contributed by atoms with van der Waals surface area (Å²) in [7, 11) is 1.56. The van der Waals surface area contributed by atoms with E-state index in [1.54, 1.807) is 161 Å². The van der Waals surface area contributed by atoms with Crippen LogP contribution in [0.15, 0.2) is 78.9 Å². The Balaban J connectivity index is 1.14. The third-order valence-corrected chi connectivity index (χ3v) is 20.8. The molecule has 1 spiro atoms. The van der Waals surface area contributed by atoms with Crippen molar-refractivity contribution in [3.8, 4) is 33.4 Å². The van der Waals surface area contributed by atoms with Crippen molar-refractivity contribution in [3.05, 3.63) is 162 Å². The van der Waals surface area contributed by atoms with Crippen LogP contribution in [-0.2, 0) is 46.0 Å². The summed E-state index contributed by atoms with van der Waals surface area (Å²) < 4.78 is 5.41. The summed E-state index contributed by atoms with van der Waals surface area (Å²) in [5.74, 6) is 0.923. The highest BCUT2D eigenvalue weighted by Crippen LogP contribution is 2.89. The number of benzene rings is 10. The highest BCUT2D eigenvalue weighted by Gasteiger charge is 2.83. The number of rotatable bonds is 5. The van der Waals surface area contributed by atoms with E-state index in [-0.39, 0.29) is 22.7 Å². The second-order valence-corrected chi connectivity index (χ2v) is 22.5. The Morgan fingerprint density at radius 3 is 1.78 bits per heavy atom. The standard InChI is InChI=1S/C63H36O2/c1-23-34-12-10-24-15-26-17-28-19-30-21-32-22-31-20-29-18-27-16-25-11-13-35(34)46-38(25)56-45(27)50-42(29)40(31)48-43(32)47-39(30)41(28)49-44(26)55(37(23)24)59-57-53(49)51(47)52(48)54(50)58(57)60(56)63(59)61(46)62(63,14-6-9-36(64)65-2)33-7-4-3-5-8-33/h3-5,7-8,10-13,17-18,21-22,32,43,61H,6,9,14-16,19-20H2,1-2H3. The molecule has 1 saturated carbocycles. The molecule has 65 heavy (non-hydrogen) atoms. The van der Waals surface area contributed by atoms with Crippen LogP contribution in [0.25, 0.3) is 109 Å². The number of esters is 1. The SMILES string of the molecule is COC(=O)CCCC1(c2ccccc2)C2c3c4ccc5c3-c3c6c7c8c(c9c%10c(cc%11c%12c%13c%14c(c%15c%16c%17c%18c(cc(c3c%18c%157)C5)CC%17=CC(C=C%13C%11)C%14%16)c8c%12%10)Cc3ccc-4c(C)c3-9)C621. The molecule has 0 N–H and O–H groups in total. The maximum Gasteiger partial charge on any atom is 0.305 e. The Morgan fingerprint density at radius 1 is 0.569 bits per heavy atom. The van der Waals surface area contributed by atoms with Gasteiger partial charge in [0, 0.05) is 35.0 Å². The molecule has 300 valence electrons. The average molecular weight is 825 g/mol. The molecule has 2 heteroatoms. The van der Waals surface area contributed by atoms with Gasteiger partial charge in [-0.3, -0.25) is 4.79 Å². The first-order valence-electron chi connectivity index (χ1n) is 24.5. The molecule has 11 aliphatic rings. The van der Waals surface area contributed by atoms with Gasteiger partial charge in [0.05, 0.1) is 7.11 Å². The molecule has 2 nitrogen and oxygen atoms in total. The van der Waals surface area contributed by atoms with Crippen LogP contribution in [0.5, 0.6) is 0 Å². The van der Waals surface area contributed by atoms with Crippen molar-refractivity contribution in [1.82, 2.24) is 0 Å². The minimum atomic E-state index is -0.312. The lowest BCUT2D eigenvalue weighted by Crippen LogP contribution is -2.26. The zero-order valence-electron chi connectivity index (χ0n) is 36.0. The molecule has 0 saturated heterocycles. The number of ether oxygens (including phenoxy) is 1. The van der Waals surface area contributed by atoms with Crippen molar-refractivity contribution < 1.29 is 9.53 Å². The van der Waals surface area contributed by atoms with Gasteiger partial charge in [0.15, 0.2) is 0 Å². The minimum Gasteiger partial charge on any atom is -0.469 e. The summed E-state index contributed by atoms with van der Waals surface area (Å²) in [6.45, 7) is 2.48. The maximum absolute atomic E-state index is 13.3. The lowest BCUT2D eigenvalue weighted by atomic mass is 9.66. The molecule has 21 rings (SSSR count). The Bertz CT molecular complexity index is 4460. The molecule has 11 aliphatic carbocycles. The first kappa shape index (κ1) is 31.2. The second-order valence-electron chi connectivity index (χ2n) is 22.5. The van der Waals surface area contributed by atoms with Crippen LogP contribution in [0.4, 0.5) is 0 Å².